The topological polar surface area (TPSA) is 49.4 Å². The summed E-state index contributed by atoms with van der Waals surface area (Å²) in [7, 11) is 0. The number of nitrogens with one attached hydrogen (secondary N) is 1. The smallest absolute Gasteiger partial charge is 0.245 e. The Morgan fingerprint density at radius 1 is 1.16 bits per heavy atom. The predicted octanol–water partition coefficient (Wildman–Crippen LogP) is 2.33. The second-order valence-electron chi connectivity index (χ2n) is 5.55. The maximum absolute atomic E-state index is 12.7. The van der Waals surface area contributed by atoms with E-state index < -0.39 is 0 Å². The number of hydrogen-bond donors (Lipinski definition) is 1. The normalized spacial score (nSPS) is 17.2. The molecule has 2 amide bonds. The van der Waals surface area contributed by atoms with Crippen molar-refractivity contribution in [1.29, 1.82) is 0 Å². The summed E-state index contributed by atoms with van der Waals surface area (Å²) in [6, 6.07) is -0.307. The molecular weight excluding hydrogens is 240 g/mol. The van der Waals surface area contributed by atoms with E-state index in [0.717, 1.165) is 38.8 Å². The number of hydrogen-bond acceptors (Lipinski definition) is 2. The Hall–Kier alpha value is -1.06. The number of carbonyl (C=O) groups excluding carboxylic acids is 2. The molecule has 1 rings (SSSR count). The highest BCUT2D eigenvalue weighted by molar-refractivity contribution is 5.87. The third-order valence-corrected chi connectivity index (χ3v) is 3.79. The molecule has 110 valence electrons. The molecule has 0 aromatic rings. The van der Waals surface area contributed by atoms with E-state index in [2.05, 4.69) is 19.2 Å². The first-order chi connectivity index (χ1) is 9.10. The van der Waals surface area contributed by atoms with Gasteiger partial charge >= 0.3 is 0 Å². The van der Waals surface area contributed by atoms with Crippen LogP contribution in [0.15, 0.2) is 0 Å². The van der Waals surface area contributed by atoms with Gasteiger partial charge in [-0.05, 0) is 31.6 Å². The van der Waals surface area contributed by atoms with Crippen LogP contribution >= 0.6 is 0 Å². The maximum atomic E-state index is 12.7. The summed E-state index contributed by atoms with van der Waals surface area (Å²) in [6.07, 6.45) is 6.39. The lowest BCUT2D eigenvalue weighted by Crippen LogP contribution is -2.51. The quantitative estimate of drug-likeness (QED) is 0.770. The minimum Gasteiger partial charge on any atom is -0.344 e. The second kappa shape index (κ2) is 8.18. The molecule has 0 bridgehead atoms. The molecule has 1 aliphatic carbocycles. The Morgan fingerprint density at radius 2 is 1.68 bits per heavy atom. The summed E-state index contributed by atoms with van der Waals surface area (Å²) in [4.78, 5) is 25.9. The van der Waals surface area contributed by atoms with Gasteiger partial charge in [-0.15, -0.1) is 0 Å². The summed E-state index contributed by atoms with van der Waals surface area (Å²) in [6.45, 7) is 7.24. The van der Waals surface area contributed by atoms with E-state index >= 15 is 0 Å². The van der Waals surface area contributed by atoms with Crippen LogP contribution in [-0.4, -0.2) is 35.8 Å². The van der Waals surface area contributed by atoms with Crippen molar-refractivity contribution in [3.63, 3.8) is 0 Å². The first kappa shape index (κ1) is 16.0. The van der Waals surface area contributed by atoms with Crippen molar-refractivity contribution in [2.75, 3.05) is 13.1 Å². The van der Waals surface area contributed by atoms with Gasteiger partial charge in [-0.1, -0.05) is 26.7 Å². The second-order valence-corrected chi connectivity index (χ2v) is 5.55. The van der Waals surface area contributed by atoms with E-state index in [9.17, 15) is 9.59 Å². The van der Waals surface area contributed by atoms with Crippen LogP contribution < -0.4 is 5.32 Å². The lowest BCUT2D eigenvalue weighted by Gasteiger charge is -2.30. The fourth-order valence-electron chi connectivity index (χ4n) is 2.96. The minimum absolute atomic E-state index is 0.0989. The van der Waals surface area contributed by atoms with Gasteiger partial charge in [-0.3, -0.25) is 9.59 Å². The first-order valence-electron chi connectivity index (χ1n) is 7.66. The van der Waals surface area contributed by atoms with Gasteiger partial charge in [0.25, 0.3) is 0 Å². The average molecular weight is 268 g/mol. The Morgan fingerprint density at radius 3 is 2.11 bits per heavy atom. The Balaban J connectivity index is 2.75. The number of carbonyl (C=O) groups is 2. The van der Waals surface area contributed by atoms with Crippen LogP contribution in [-0.2, 0) is 9.59 Å². The zero-order chi connectivity index (χ0) is 14.3. The Labute approximate surface area is 116 Å². The van der Waals surface area contributed by atoms with Gasteiger partial charge in [0, 0.05) is 20.0 Å². The lowest BCUT2D eigenvalue weighted by atomic mass is 9.96. The molecule has 0 aliphatic heterocycles. The van der Waals surface area contributed by atoms with E-state index in [1.54, 1.807) is 0 Å². The Kier molecular flexibility index (Phi) is 6.89. The molecule has 0 radical (unpaired) electrons. The SMILES string of the molecule is CCCN(CCC)C(=O)C(NC(C)=O)C1CCCC1. The van der Waals surface area contributed by atoms with E-state index in [1.165, 1.54) is 19.8 Å². The van der Waals surface area contributed by atoms with Crippen molar-refractivity contribution in [3.05, 3.63) is 0 Å². The van der Waals surface area contributed by atoms with Gasteiger partial charge in [0.2, 0.25) is 11.8 Å². The van der Waals surface area contributed by atoms with Crippen LogP contribution in [0.4, 0.5) is 0 Å². The maximum Gasteiger partial charge on any atom is 0.245 e. The molecule has 0 spiro atoms. The fourth-order valence-corrected chi connectivity index (χ4v) is 2.96. The van der Waals surface area contributed by atoms with Crippen LogP contribution in [0.5, 0.6) is 0 Å². The predicted molar refractivity (Wildman–Crippen MR) is 76.7 cm³/mol. The van der Waals surface area contributed by atoms with Crippen LogP contribution in [0.3, 0.4) is 0 Å². The number of rotatable bonds is 7. The van der Waals surface area contributed by atoms with Gasteiger partial charge in [0.1, 0.15) is 6.04 Å². The van der Waals surface area contributed by atoms with Crippen molar-refractivity contribution in [2.45, 2.75) is 65.3 Å². The molecule has 0 saturated heterocycles. The van der Waals surface area contributed by atoms with Gasteiger partial charge in [0.15, 0.2) is 0 Å². The average Bonchev–Trinajstić information content (AvgIpc) is 2.88. The summed E-state index contributed by atoms with van der Waals surface area (Å²) in [5, 5.41) is 2.89. The highest BCUT2D eigenvalue weighted by Gasteiger charge is 2.33. The van der Waals surface area contributed by atoms with Gasteiger partial charge in [-0.2, -0.15) is 0 Å². The highest BCUT2D eigenvalue weighted by atomic mass is 16.2. The largest absolute Gasteiger partial charge is 0.344 e. The van der Waals surface area contributed by atoms with Crippen LogP contribution in [0.2, 0.25) is 0 Å². The van der Waals surface area contributed by atoms with E-state index in [4.69, 9.17) is 0 Å². The zero-order valence-corrected chi connectivity index (χ0v) is 12.6. The summed E-state index contributed by atoms with van der Waals surface area (Å²) < 4.78 is 0. The summed E-state index contributed by atoms with van der Waals surface area (Å²) in [5.41, 5.74) is 0. The molecule has 1 N–H and O–H groups in total. The molecule has 1 atom stereocenters. The van der Waals surface area contributed by atoms with Crippen molar-refractivity contribution in [2.24, 2.45) is 5.92 Å². The first-order valence-corrected chi connectivity index (χ1v) is 7.66. The van der Waals surface area contributed by atoms with E-state index in [0.29, 0.717) is 5.92 Å². The van der Waals surface area contributed by atoms with Crippen LogP contribution in [0.1, 0.15) is 59.3 Å². The van der Waals surface area contributed by atoms with Crippen LogP contribution in [0.25, 0.3) is 0 Å². The summed E-state index contributed by atoms with van der Waals surface area (Å²) >= 11 is 0. The monoisotopic (exact) mass is 268 g/mol. The molecule has 4 heteroatoms. The molecule has 1 unspecified atom stereocenters. The Bertz CT molecular complexity index is 293. The molecule has 19 heavy (non-hydrogen) atoms. The van der Waals surface area contributed by atoms with Gasteiger partial charge in [-0.25, -0.2) is 0 Å². The van der Waals surface area contributed by atoms with Crippen molar-refractivity contribution < 1.29 is 9.59 Å². The van der Waals surface area contributed by atoms with Gasteiger partial charge in [0.05, 0.1) is 0 Å². The van der Waals surface area contributed by atoms with Crippen LogP contribution in [0, 0.1) is 5.92 Å². The highest BCUT2D eigenvalue weighted by Crippen LogP contribution is 2.28. The molecule has 1 fully saturated rings. The van der Waals surface area contributed by atoms with Crippen molar-refractivity contribution in [1.82, 2.24) is 10.2 Å². The number of amides is 2. The fraction of sp³-hybridized carbons (Fsp3) is 0.867. The van der Waals surface area contributed by atoms with Crippen molar-refractivity contribution >= 4 is 11.8 Å². The standard InChI is InChI=1S/C15H28N2O2/c1-4-10-17(11-5-2)15(19)14(16-12(3)18)13-8-6-7-9-13/h13-14H,4-11H2,1-3H3,(H,16,18). The third kappa shape index (κ3) is 4.84. The lowest BCUT2D eigenvalue weighted by molar-refractivity contribution is -0.137. The van der Waals surface area contributed by atoms with Gasteiger partial charge < -0.3 is 10.2 Å². The molecule has 0 aromatic heterocycles. The molecule has 1 saturated carbocycles. The minimum atomic E-state index is -0.307. The third-order valence-electron chi connectivity index (χ3n) is 3.79. The molecule has 4 nitrogen and oxygen atoms in total. The molecule has 0 heterocycles. The molecule has 1 aliphatic rings. The van der Waals surface area contributed by atoms with Crippen molar-refractivity contribution in [3.8, 4) is 0 Å². The number of nitrogens with zero attached hydrogens (tertiary/aromatic N) is 1. The summed E-state index contributed by atoms with van der Waals surface area (Å²) in [5.74, 6) is 0.344. The van der Waals surface area contributed by atoms with E-state index in [-0.39, 0.29) is 17.9 Å². The zero-order valence-electron chi connectivity index (χ0n) is 12.6. The molecule has 0 aromatic carbocycles. The molecular formula is C15H28N2O2. The van der Waals surface area contributed by atoms with E-state index in [1.807, 2.05) is 4.90 Å².